The molecule has 2 heterocycles. The molecule has 4 atom stereocenters. The fourth-order valence-electron chi connectivity index (χ4n) is 4.08. The van der Waals surface area contributed by atoms with Crippen LogP contribution in [0.4, 0.5) is 0 Å². The molecule has 4 heteroatoms. The molecule has 0 aromatic heterocycles. The predicted octanol–water partition coefficient (Wildman–Crippen LogP) is 1.72. The summed E-state index contributed by atoms with van der Waals surface area (Å²) in [6, 6.07) is 0.717. The van der Waals surface area contributed by atoms with Gasteiger partial charge in [-0.1, -0.05) is 6.92 Å². The van der Waals surface area contributed by atoms with Gasteiger partial charge in [0.05, 0.1) is 0 Å². The molecule has 2 aliphatic heterocycles. The first-order chi connectivity index (χ1) is 8.72. The number of fused-ring (bicyclic) bond motifs is 1. The van der Waals surface area contributed by atoms with Gasteiger partial charge in [0.2, 0.25) is 0 Å². The first kappa shape index (κ1) is 12.9. The van der Waals surface area contributed by atoms with Crippen LogP contribution in [0.1, 0.15) is 45.4 Å². The molecule has 0 aromatic carbocycles. The first-order valence-corrected chi connectivity index (χ1v) is 7.46. The fourth-order valence-corrected chi connectivity index (χ4v) is 4.08. The monoisotopic (exact) mass is 255 g/mol. The van der Waals surface area contributed by atoms with E-state index in [1.54, 1.807) is 0 Å². The highest BCUT2D eigenvalue weighted by atomic mass is 16.8. The van der Waals surface area contributed by atoms with Crippen LogP contribution in [0.3, 0.4) is 0 Å². The van der Waals surface area contributed by atoms with Crippen molar-refractivity contribution in [2.75, 3.05) is 19.7 Å². The lowest BCUT2D eigenvalue weighted by Crippen LogP contribution is -2.52. The van der Waals surface area contributed by atoms with Gasteiger partial charge in [0.25, 0.3) is 0 Å². The maximum atomic E-state index is 9.52. The summed E-state index contributed by atoms with van der Waals surface area (Å²) in [5, 5.41) is 9.52. The Morgan fingerprint density at radius 1 is 1.39 bits per heavy atom. The van der Waals surface area contributed by atoms with Gasteiger partial charge in [0, 0.05) is 18.9 Å². The Labute approximate surface area is 109 Å². The Kier molecular flexibility index (Phi) is 3.63. The second-order valence-corrected chi connectivity index (χ2v) is 6.04. The van der Waals surface area contributed by atoms with Crippen LogP contribution in [-0.2, 0) is 9.47 Å². The number of rotatable bonds is 2. The van der Waals surface area contributed by atoms with E-state index in [-0.39, 0.29) is 0 Å². The van der Waals surface area contributed by atoms with Crippen molar-refractivity contribution in [2.45, 2.75) is 63.6 Å². The molecular weight excluding hydrogens is 230 g/mol. The van der Waals surface area contributed by atoms with Crippen molar-refractivity contribution in [3.05, 3.63) is 0 Å². The zero-order chi connectivity index (χ0) is 12.6. The minimum Gasteiger partial charge on any atom is -0.366 e. The molecule has 4 unspecified atom stereocenters. The van der Waals surface area contributed by atoms with E-state index in [1.807, 2.05) is 0 Å². The second-order valence-electron chi connectivity index (χ2n) is 6.04. The van der Waals surface area contributed by atoms with Gasteiger partial charge in [-0.05, 0) is 44.7 Å². The Bertz CT molecular complexity index is 297. The third-order valence-corrected chi connectivity index (χ3v) is 4.78. The van der Waals surface area contributed by atoms with Crippen LogP contribution >= 0.6 is 0 Å². The summed E-state index contributed by atoms with van der Waals surface area (Å²) < 4.78 is 11.4. The summed E-state index contributed by atoms with van der Waals surface area (Å²) in [5.41, 5.74) is 0. The van der Waals surface area contributed by atoms with Gasteiger partial charge in [0.15, 0.2) is 12.1 Å². The van der Waals surface area contributed by atoms with E-state index >= 15 is 0 Å². The Morgan fingerprint density at radius 2 is 2.28 bits per heavy atom. The van der Waals surface area contributed by atoms with E-state index in [0.29, 0.717) is 18.6 Å². The smallest absolute Gasteiger partial charge is 0.181 e. The third-order valence-electron chi connectivity index (χ3n) is 4.78. The van der Waals surface area contributed by atoms with Crippen molar-refractivity contribution in [2.24, 2.45) is 5.92 Å². The average Bonchev–Trinajstić information content (AvgIpc) is 2.71. The van der Waals surface area contributed by atoms with E-state index in [9.17, 15) is 5.11 Å². The number of aliphatic hydroxyl groups is 1. The van der Waals surface area contributed by atoms with Crippen molar-refractivity contribution >= 4 is 0 Å². The normalized spacial score (nSPS) is 45.3. The molecule has 1 N–H and O–H groups in total. The Hall–Kier alpha value is -0.160. The Balaban J connectivity index is 1.66. The number of hydrogen-bond acceptors (Lipinski definition) is 4. The van der Waals surface area contributed by atoms with Crippen LogP contribution in [0, 0.1) is 5.92 Å². The maximum Gasteiger partial charge on any atom is 0.181 e. The van der Waals surface area contributed by atoms with E-state index < -0.39 is 12.1 Å². The standard InChI is InChI=1S/C14H25NO3/c1-2-7-15-8-3-4-11-9-14(6-5-12(11)15)17-10-13(16)18-14/h11-13,16H,2-10H2,1H3. The first-order valence-electron chi connectivity index (χ1n) is 7.46. The molecule has 0 bridgehead atoms. The number of nitrogens with zero attached hydrogens (tertiary/aromatic N) is 1. The molecule has 1 spiro atoms. The van der Waals surface area contributed by atoms with Crippen LogP contribution < -0.4 is 0 Å². The quantitative estimate of drug-likeness (QED) is 0.816. The second kappa shape index (κ2) is 5.08. The molecule has 3 fully saturated rings. The van der Waals surface area contributed by atoms with E-state index in [0.717, 1.165) is 19.3 Å². The van der Waals surface area contributed by atoms with Gasteiger partial charge in [0.1, 0.15) is 6.61 Å². The molecule has 4 nitrogen and oxygen atoms in total. The maximum absolute atomic E-state index is 9.52. The zero-order valence-corrected chi connectivity index (χ0v) is 11.3. The highest BCUT2D eigenvalue weighted by molar-refractivity contribution is 4.95. The van der Waals surface area contributed by atoms with Crippen LogP contribution in [-0.4, -0.2) is 47.8 Å². The van der Waals surface area contributed by atoms with Gasteiger partial charge < -0.3 is 19.5 Å². The van der Waals surface area contributed by atoms with Gasteiger partial charge >= 0.3 is 0 Å². The lowest BCUT2D eigenvalue weighted by atomic mass is 9.75. The SMILES string of the molecule is CCCN1CCCC2CC3(CCC21)OCC(O)O3. The summed E-state index contributed by atoms with van der Waals surface area (Å²) in [6.45, 7) is 5.08. The number of aliphatic hydroxyl groups excluding tert-OH is 1. The molecule has 0 radical (unpaired) electrons. The lowest BCUT2D eigenvalue weighted by molar-refractivity contribution is -0.230. The minimum atomic E-state index is -0.711. The van der Waals surface area contributed by atoms with Gasteiger partial charge in [-0.2, -0.15) is 0 Å². The third kappa shape index (κ3) is 2.31. The highest BCUT2D eigenvalue weighted by Gasteiger charge is 2.49. The molecule has 0 amide bonds. The zero-order valence-electron chi connectivity index (χ0n) is 11.3. The van der Waals surface area contributed by atoms with E-state index in [4.69, 9.17) is 9.47 Å². The van der Waals surface area contributed by atoms with Crippen molar-refractivity contribution in [3.8, 4) is 0 Å². The molecular formula is C14H25NO3. The number of piperidine rings is 1. The van der Waals surface area contributed by atoms with Crippen molar-refractivity contribution in [1.29, 1.82) is 0 Å². The largest absolute Gasteiger partial charge is 0.366 e. The molecule has 2 saturated heterocycles. The van der Waals surface area contributed by atoms with Crippen LogP contribution in [0.5, 0.6) is 0 Å². The van der Waals surface area contributed by atoms with Crippen LogP contribution in [0.25, 0.3) is 0 Å². The average molecular weight is 255 g/mol. The molecule has 1 saturated carbocycles. The van der Waals surface area contributed by atoms with Gasteiger partial charge in [-0.25, -0.2) is 0 Å². The summed E-state index contributed by atoms with van der Waals surface area (Å²) in [4.78, 5) is 2.66. The number of ether oxygens (including phenoxy) is 2. The van der Waals surface area contributed by atoms with E-state index in [2.05, 4.69) is 11.8 Å². The van der Waals surface area contributed by atoms with Crippen LogP contribution in [0.15, 0.2) is 0 Å². The summed E-state index contributed by atoms with van der Waals surface area (Å²) in [6.07, 6.45) is 6.16. The van der Waals surface area contributed by atoms with Crippen LogP contribution in [0.2, 0.25) is 0 Å². The van der Waals surface area contributed by atoms with Gasteiger partial charge in [-0.15, -0.1) is 0 Å². The van der Waals surface area contributed by atoms with Crippen molar-refractivity contribution < 1.29 is 14.6 Å². The molecule has 3 aliphatic rings. The summed E-state index contributed by atoms with van der Waals surface area (Å²) in [7, 11) is 0. The molecule has 18 heavy (non-hydrogen) atoms. The number of likely N-dealkylation sites (tertiary alicyclic amines) is 1. The van der Waals surface area contributed by atoms with E-state index in [1.165, 1.54) is 32.4 Å². The van der Waals surface area contributed by atoms with Crippen molar-refractivity contribution in [1.82, 2.24) is 4.90 Å². The summed E-state index contributed by atoms with van der Waals surface area (Å²) >= 11 is 0. The highest BCUT2D eigenvalue weighted by Crippen LogP contribution is 2.44. The molecule has 0 aromatic rings. The Morgan fingerprint density at radius 3 is 3.00 bits per heavy atom. The minimum absolute atomic E-state index is 0.343. The molecule has 104 valence electrons. The predicted molar refractivity (Wildman–Crippen MR) is 68.0 cm³/mol. The fraction of sp³-hybridized carbons (Fsp3) is 1.00. The topological polar surface area (TPSA) is 41.9 Å². The lowest BCUT2D eigenvalue weighted by Gasteiger charge is -2.48. The number of hydrogen-bond donors (Lipinski definition) is 1. The van der Waals surface area contributed by atoms with Gasteiger partial charge in [-0.3, -0.25) is 0 Å². The van der Waals surface area contributed by atoms with Crippen molar-refractivity contribution in [3.63, 3.8) is 0 Å². The molecule has 1 aliphatic carbocycles. The molecule has 3 rings (SSSR count). The summed E-state index contributed by atoms with van der Waals surface area (Å²) in [5.74, 6) is 0.222.